The van der Waals surface area contributed by atoms with Gasteiger partial charge in [0.15, 0.2) is 0 Å². The monoisotopic (exact) mass is 374 g/mol. The molecule has 0 saturated carbocycles. The van der Waals surface area contributed by atoms with E-state index in [0.717, 1.165) is 5.56 Å². The predicted molar refractivity (Wildman–Crippen MR) is 109 cm³/mol. The lowest BCUT2D eigenvalue weighted by molar-refractivity contribution is -0.116. The van der Waals surface area contributed by atoms with Gasteiger partial charge in [-0.15, -0.1) is 0 Å². The molecule has 0 saturated heterocycles. The molecule has 28 heavy (non-hydrogen) atoms. The van der Waals surface area contributed by atoms with Crippen LogP contribution in [0.4, 0.5) is 5.69 Å². The molecule has 0 aliphatic rings. The second kappa shape index (κ2) is 9.37. The summed E-state index contributed by atoms with van der Waals surface area (Å²) in [5, 5.41) is 5.82. The van der Waals surface area contributed by atoms with E-state index in [4.69, 9.17) is 4.74 Å². The van der Waals surface area contributed by atoms with E-state index < -0.39 is 6.04 Å². The van der Waals surface area contributed by atoms with Gasteiger partial charge in [0.25, 0.3) is 5.91 Å². The van der Waals surface area contributed by atoms with Gasteiger partial charge >= 0.3 is 0 Å². The molecule has 142 valence electrons. The van der Waals surface area contributed by atoms with Gasteiger partial charge in [-0.1, -0.05) is 60.7 Å². The summed E-state index contributed by atoms with van der Waals surface area (Å²) in [6.45, 7) is 0. The Morgan fingerprint density at radius 1 is 0.857 bits per heavy atom. The first-order chi connectivity index (χ1) is 13.7. The number of ether oxygens (including phenoxy) is 1. The predicted octanol–water partition coefficient (Wildman–Crippen LogP) is 4.20. The smallest absolute Gasteiger partial charge is 0.251 e. The lowest BCUT2D eigenvalue weighted by atomic mass is 10.0. The molecule has 0 aliphatic carbocycles. The molecule has 0 fully saturated rings. The molecule has 3 aromatic rings. The maximum absolute atomic E-state index is 12.7. The van der Waals surface area contributed by atoms with E-state index in [1.54, 1.807) is 43.5 Å². The fourth-order valence-corrected chi connectivity index (χ4v) is 2.90. The molecule has 1 atom stereocenters. The van der Waals surface area contributed by atoms with E-state index in [2.05, 4.69) is 10.6 Å². The van der Waals surface area contributed by atoms with Gasteiger partial charge in [-0.3, -0.25) is 9.59 Å². The van der Waals surface area contributed by atoms with Crippen molar-refractivity contribution in [3.8, 4) is 5.75 Å². The van der Waals surface area contributed by atoms with Gasteiger partial charge in [0.1, 0.15) is 5.75 Å². The number of hydrogen-bond acceptors (Lipinski definition) is 3. The highest BCUT2D eigenvalue weighted by Crippen LogP contribution is 2.24. The molecular weight excluding hydrogens is 352 g/mol. The summed E-state index contributed by atoms with van der Waals surface area (Å²) in [6.07, 6.45) is 0.0979. The van der Waals surface area contributed by atoms with E-state index >= 15 is 0 Å². The minimum Gasteiger partial charge on any atom is -0.495 e. The van der Waals surface area contributed by atoms with Gasteiger partial charge in [-0.25, -0.2) is 0 Å². The van der Waals surface area contributed by atoms with Gasteiger partial charge in [0, 0.05) is 5.56 Å². The highest BCUT2D eigenvalue weighted by molar-refractivity contribution is 5.96. The number of hydrogen-bond donors (Lipinski definition) is 2. The van der Waals surface area contributed by atoms with Crippen LogP contribution in [0, 0.1) is 0 Å². The Balaban J connectivity index is 1.76. The van der Waals surface area contributed by atoms with Crippen LogP contribution in [0.2, 0.25) is 0 Å². The zero-order chi connectivity index (χ0) is 19.8. The molecule has 0 spiro atoms. The molecule has 2 amide bonds. The Morgan fingerprint density at radius 3 is 2.14 bits per heavy atom. The summed E-state index contributed by atoms with van der Waals surface area (Å²) in [5.41, 5.74) is 2.01. The van der Waals surface area contributed by atoms with Crippen LogP contribution in [0.5, 0.6) is 5.75 Å². The molecule has 0 aliphatic heterocycles. The SMILES string of the molecule is COc1ccccc1NC(=O)C[C@@H](NC(=O)c1ccccc1)c1ccccc1. The zero-order valence-electron chi connectivity index (χ0n) is 15.6. The number of anilines is 1. The fourth-order valence-electron chi connectivity index (χ4n) is 2.90. The third-order valence-corrected chi connectivity index (χ3v) is 4.31. The van der Waals surface area contributed by atoms with Crippen molar-refractivity contribution in [3.05, 3.63) is 96.1 Å². The number of carbonyl (C=O) groups is 2. The van der Waals surface area contributed by atoms with Crippen molar-refractivity contribution < 1.29 is 14.3 Å². The van der Waals surface area contributed by atoms with Crippen LogP contribution in [-0.4, -0.2) is 18.9 Å². The van der Waals surface area contributed by atoms with E-state index in [1.807, 2.05) is 48.5 Å². The van der Waals surface area contributed by atoms with Crippen molar-refractivity contribution in [2.75, 3.05) is 12.4 Å². The molecule has 5 nitrogen and oxygen atoms in total. The van der Waals surface area contributed by atoms with Crippen molar-refractivity contribution in [1.82, 2.24) is 5.32 Å². The average molecular weight is 374 g/mol. The largest absolute Gasteiger partial charge is 0.495 e. The average Bonchev–Trinajstić information content (AvgIpc) is 2.75. The highest BCUT2D eigenvalue weighted by Gasteiger charge is 2.20. The van der Waals surface area contributed by atoms with Crippen LogP contribution in [0.1, 0.15) is 28.4 Å². The number of para-hydroxylation sites is 2. The molecule has 0 radical (unpaired) electrons. The molecule has 3 aromatic carbocycles. The van der Waals surface area contributed by atoms with Crippen molar-refractivity contribution in [1.29, 1.82) is 0 Å². The first-order valence-corrected chi connectivity index (χ1v) is 9.01. The van der Waals surface area contributed by atoms with Crippen LogP contribution in [0.25, 0.3) is 0 Å². The van der Waals surface area contributed by atoms with Crippen molar-refractivity contribution in [2.24, 2.45) is 0 Å². The summed E-state index contributed by atoms with van der Waals surface area (Å²) in [7, 11) is 1.55. The van der Waals surface area contributed by atoms with E-state index in [0.29, 0.717) is 17.0 Å². The normalized spacial score (nSPS) is 11.3. The summed E-state index contributed by atoms with van der Waals surface area (Å²) in [4.78, 5) is 25.3. The number of methoxy groups -OCH3 is 1. The van der Waals surface area contributed by atoms with E-state index in [1.165, 1.54) is 0 Å². The maximum Gasteiger partial charge on any atom is 0.251 e. The highest BCUT2D eigenvalue weighted by atomic mass is 16.5. The van der Waals surface area contributed by atoms with Gasteiger partial charge in [-0.05, 0) is 29.8 Å². The quantitative estimate of drug-likeness (QED) is 0.651. The van der Waals surface area contributed by atoms with Crippen LogP contribution in [-0.2, 0) is 4.79 Å². The Bertz CT molecular complexity index is 927. The maximum atomic E-state index is 12.7. The Labute approximate surface area is 164 Å². The number of rotatable bonds is 7. The van der Waals surface area contributed by atoms with Crippen LogP contribution in [0.3, 0.4) is 0 Å². The van der Waals surface area contributed by atoms with Gasteiger partial charge in [-0.2, -0.15) is 0 Å². The molecule has 0 unspecified atom stereocenters. The second-order valence-electron chi connectivity index (χ2n) is 6.26. The standard InChI is InChI=1S/C23H22N2O3/c1-28-21-15-9-8-14-19(21)24-22(26)16-20(17-10-4-2-5-11-17)25-23(27)18-12-6-3-7-13-18/h2-15,20H,16H2,1H3,(H,24,26)(H,25,27)/t20-/m1/s1. The summed E-state index contributed by atoms with van der Waals surface area (Å²) in [6, 6.07) is 25.2. The number of carbonyl (C=O) groups excluding carboxylic acids is 2. The van der Waals surface area contributed by atoms with Crippen LogP contribution in [0.15, 0.2) is 84.9 Å². The van der Waals surface area contributed by atoms with Crippen LogP contribution >= 0.6 is 0 Å². The number of benzene rings is 3. The lowest BCUT2D eigenvalue weighted by Gasteiger charge is -2.19. The van der Waals surface area contributed by atoms with Crippen molar-refractivity contribution in [3.63, 3.8) is 0 Å². The second-order valence-corrected chi connectivity index (χ2v) is 6.26. The van der Waals surface area contributed by atoms with Gasteiger partial charge < -0.3 is 15.4 Å². The Kier molecular flexibility index (Phi) is 6.41. The molecule has 0 bridgehead atoms. The Hall–Kier alpha value is -3.60. The molecule has 0 aromatic heterocycles. The summed E-state index contributed by atoms with van der Waals surface area (Å²) in [5.74, 6) is 0.145. The minimum absolute atomic E-state index is 0.0979. The minimum atomic E-state index is -0.455. The first kappa shape index (κ1) is 19.2. The number of amides is 2. The lowest BCUT2D eigenvalue weighted by Crippen LogP contribution is -2.31. The topological polar surface area (TPSA) is 67.4 Å². The third-order valence-electron chi connectivity index (χ3n) is 4.31. The third kappa shape index (κ3) is 4.98. The molecule has 0 heterocycles. The first-order valence-electron chi connectivity index (χ1n) is 9.01. The summed E-state index contributed by atoms with van der Waals surface area (Å²) >= 11 is 0. The van der Waals surface area contributed by atoms with Crippen molar-refractivity contribution in [2.45, 2.75) is 12.5 Å². The van der Waals surface area contributed by atoms with E-state index in [9.17, 15) is 9.59 Å². The van der Waals surface area contributed by atoms with E-state index in [-0.39, 0.29) is 18.2 Å². The molecule has 3 rings (SSSR count). The Morgan fingerprint density at radius 2 is 1.46 bits per heavy atom. The molecule has 5 heteroatoms. The number of nitrogens with one attached hydrogen (secondary N) is 2. The zero-order valence-corrected chi connectivity index (χ0v) is 15.6. The molecule has 2 N–H and O–H groups in total. The van der Waals surface area contributed by atoms with Crippen molar-refractivity contribution >= 4 is 17.5 Å². The summed E-state index contributed by atoms with van der Waals surface area (Å²) < 4.78 is 5.27. The van der Waals surface area contributed by atoms with Gasteiger partial charge in [0.05, 0.1) is 25.3 Å². The fraction of sp³-hybridized carbons (Fsp3) is 0.130. The molecular formula is C23H22N2O3. The van der Waals surface area contributed by atoms with Crippen LogP contribution < -0.4 is 15.4 Å². The van der Waals surface area contributed by atoms with Gasteiger partial charge in [0.2, 0.25) is 5.91 Å².